The molecule has 9 heteroatoms. The molecule has 0 saturated carbocycles. The highest BCUT2D eigenvalue weighted by atomic mass is 35.5. The lowest BCUT2D eigenvalue weighted by atomic mass is 9.98. The molecule has 0 amide bonds. The largest absolute Gasteiger partial charge is 0.486 e. The fraction of sp³-hybridized carbons (Fsp3) is 0.435. The number of carbonyl (C=O) groups is 1. The van der Waals surface area contributed by atoms with Crippen LogP contribution in [0.3, 0.4) is 0 Å². The third kappa shape index (κ3) is 4.72. The van der Waals surface area contributed by atoms with E-state index in [1.165, 1.54) is 4.31 Å². The first kappa shape index (κ1) is 22.9. The van der Waals surface area contributed by atoms with Crippen molar-refractivity contribution >= 4 is 27.6 Å². The molecule has 0 unspecified atom stereocenters. The minimum Gasteiger partial charge on any atom is -0.486 e. The molecular formula is C23H26ClNO6S. The molecular weight excluding hydrogens is 454 g/mol. The van der Waals surface area contributed by atoms with E-state index < -0.39 is 10.0 Å². The number of hydrogen-bond acceptors (Lipinski definition) is 6. The SMILES string of the molecule is Cc1ccc(S(=O)(=O)N2CCC(C(=O)OCc3cc(Cl)c4c(c3)OCCO4)CC2)c(C)c1. The van der Waals surface area contributed by atoms with E-state index in [0.29, 0.717) is 53.0 Å². The quantitative estimate of drug-likeness (QED) is 0.605. The predicted molar refractivity (Wildman–Crippen MR) is 120 cm³/mol. The number of piperidine rings is 1. The van der Waals surface area contributed by atoms with Gasteiger partial charge in [0.05, 0.1) is 15.8 Å². The molecule has 0 atom stereocenters. The van der Waals surface area contributed by atoms with Gasteiger partial charge < -0.3 is 14.2 Å². The number of esters is 1. The molecule has 1 fully saturated rings. The molecule has 32 heavy (non-hydrogen) atoms. The maximum absolute atomic E-state index is 13.0. The van der Waals surface area contributed by atoms with Crippen LogP contribution >= 0.6 is 11.6 Å². The van der Waals surface area contributed by atoms with E-state index in [9.17, 15) is 13.2 Å². The van der Waals surface area contributed by atoms with Gasteiger partial charge in [-0.1, -0.05) is 29.3 Å². The van der Waals surface area contributed by atoms with E-state index in [1.54, 1.807) is 31.2 Å². The van der Waals surface area contributed by atoms with E-state index in [0.717, 1.165) is 11.1 Å². The summed E-state index contributed by atoms with van der Waals surface area (Å²) < 4.78 is 44.0. The van der Waals surface area contributed by atoms with Gasteiger partial charge in [-0.3, -0.25) is 4.79 Å². The molecule has 1 saturated heterocycles. The maximum atomic E-state index is 13.0. The Kier molecular flexibility index (Phi) is 6.65. The maximum Gasteiger partial charge on any atom is 0.309 e. The summed E-state index contributed by atoms with van der Waals surface area (Å²) in [4.78, 5) is 12.9. The Labute approximate surface area is 193 Å². The van der Waals surface area contributed by atoms with Crippen molar-refractivity contribution < 1.29 is 27.4 Å². The van der Waals surface area contributed by atoms with Gasteiger partial charge in [-0.05, 0) is 56.0 Å². The van der Waals surface area contributed by atoms with Crippen LogP contribution in [0, 0.1) is 19.8 Å². The number of fused-ring (bicyclic) bond motifs is 1. The Morgan fingerprint density at radius 3 is 2.56 bits per heavy atom. The zero-order chi connectivity index (χ0) is 22.9. The highest BCUT2D eigenvalue weighted by molar-refractivity contribution is 7.89. The molecule has 7 nitrogen and oxygen atoms in total. The summed E-state index contributed by atoms with van der Waals surface area (Å²) in [7, 11) is -3.59. The molecule has 0 radical (unpaired) electrons. The highest BCUT2D eigenvalue weighted by Gasteiger charge is 2.33. The predicted octanol–water partition coefficient (Wildman–Crippen LogP) is 3.87. The smallest absolute Gasteiger partial charge is 0.309 e. The second-order valence-corrected chi connectivity index (χ2v) is 10.5. The first-order valence-corrected chi connectivity index (χ1v) is 12.4. The zero-order valence-corrected chi connectivity index (χ0v) is 19.7. The van der Waals surface area contributed by atoms with E-state index in [1.807, 2.05) is 13.0 Å². The molecule has 2 aliphatic rings. The van der Waals surface area contributed by atoms with Crippen molar-refractivity contribution in [1.29, 1.82) is 0 Å². The Balaban J connectivity index is 1.34. The van der Waals surface area contributed by atoms with Crippen LogP contribution in [0.1, 0.15) is 29.5 Å². The highest BCUT2D eigenvalue weighted by Crippen LogP contribution is 2.38. The summed E-state index contributed by atoms with van der Waals surface area (Å²) in [5, 5.41) is 0.415. The number of aryl methyl sites for hydroxylation is 2. The lowest BCUT2D eigenvalue weighted by Crippen LogP contribution is -2.40. The fourth-order valence-electron chi connectivity index (χ4n) is 4.08. The lowest BCUT2D eigenvalue weighted by Gasteiger charge is -2.30. The van der Waals surface area contributed by atoms with Crippen molar-refractivity contribution in [2.75, 3.05) is 26.3 Å². The molecule has 2 aromatic rings. The number of sulfonamides is 1. The summed E-state index contributed by atoms with van der Waals surface area (Å²) in [6.45, 7) is 5.25. The summed E-state index contributed by atoms with van der Waals surface area (Å²) in [5.74, 6) is 0.373. The van der Waals surface area contributed by atoms with Crippen LogP contribution in [-0.4, -0.2) is 45.0 Å². The molecule has 2 heterocycles. The molecule has 4 rings (SSSR count). The van der Waals surface area contributed by atoms with Crippen LogP contribution in [0.2, 0.25) is 5.02 Å². The van der Waals surface area contributed by atoms with Crippen LogP contribution in [-0.2, 0) is 26.2 Å². The van der Waals surface area contributed by atoms with Gasteiger partial charge in [0.1, 0.15) is 19.8 Å². The summed E-state index contributed by atoms with van der Waals surface area (Å²) in [5.41, 5.74) is 2.45. The first-order valence-electron chi connectivity index (χ1n) is 10.6. The van der Waals surface area contributed by atoms with Crippen LogP contribution in [0.15, 0.2) is 35.2 Å². The zero-order valence-electron chi connectivity index (χ0n) is 18.1. The molecule has 0 N–H and O–H groups in total. The van der Waals surface area contributed by atoms with E-state index >= 15 is 0 Å². The van der Waals surface area contributed by atoms with Crippen molar-refractivity contribution in [2.24, 2.45) is 5.92 Å². The molecule has 2 aliphatic heterocycles. The molecule has 0 spiro atoms. The molecule has 2 aromatic carbocycles. The first-order chi connectivity index (χ1) is 15.3. The summed E-state index contributed by atoms with van der Waals surface area (Å²) >= 11 is 6.23. The number of halogens is 1. The van der Waals surface area contributed by atoms with Gasteiger partial charge in [0.25, 0.3) is 0 Å². The van der Waals surface area contributed by atoms with Crippen molar-refractivity contribution in [3.8, 4) is 11.5 Å². The minimum atomic E-state index is -3.59. The third-order valence-electron chi connectivity index (χ3n) is 5.77. The molecule has 172 valence electrons. The summed E-state index contributed by atoms with van der Waals surface area (Å²) in [6, 6.07) is 8.77. The van der Waals surface area contributed by atoms with Gasteiger partial charge in [-0.15, -0.1) is 0 Å². The fourth-order valence-corrected chi connectivity index (χ4v) is 6.04. The van der Waals surface area contributed by atoms with E-state index in [4.69, 9.17) is 25.8 Å². The van der Waals surface area contributed by atoms with Gasteiger partial charge >= 0.3 is 5.97 Å². The van der Waals surface area contributed by atoms with Gasteiger partial charge in [-0.2, -0.15) is 4.31 Å². The third-order valence-corrected chi connectivity index (χ3v) is 8.11. The standard InChI is InChI=1S/C23H26ClNO6S/c1-15-3-4-21(16(2)11-15)32(27,28)25-7-5-18(6-8-25)23(26)31-14-17-12-19(24)22-20(13-17)29-9-10-30-22/h3-4,11-13,18H,5-10,14H2,1-2H3. The van der Waals surface area contributed by atoms with Crippen molar-refractivity contribution in [3.05, 3.63) is 52.0 Å². The molecule has 0 aromatic heterocycles. The number of rotatable bonds is 5. The normalized spacial score (nSPS) is 17.2. The van der Waals surface area contributed by atoms with E-state index in [2.05, 4.69) is 0 Å². The van der Waals surface area contributed by atoms with Gasteiger partial charge in [0.2, 0.25) is 10.0 Å². The number of benzene rings is 2. The topological polar surface area (TPSA) is 82.1 Å². The number of nitrogens with zero attached hydrogens (tertiary/aromatic N) is 1. The average Bonchev–Trinajstić information content (AvgIpc) is 2.77. The Hall–Kier alpha value is -2.29. The summed E-state index contributed by atoms with van der Waals surface area (Å²) in [6.07, 6.45) is 0.843. The lowest BCUT2D eigenvalue weighted by molar-refractivity contribution is -0.151. The minimum absolute atomic E-state index is 0.0657. The van der Waals surface area contributed by atoms with Crippen molar-refractivity contribution in [2.45, 2.75) is 38.2 Å². The Morgan fingerprint density at radius 1 is 1.12 bits per heavy atom. The number of carbonyl (C=O) groups excluding carboxylic acids is 1. The van der Waals surface area contributed by atoms with Crippen molar-refractivity contribution in [1.82, 2.24) is 4.31 Å². The number of hydrogen-bond donors (Lipinski definition) is 0. The average molecular weight is 480 g/mol. The van der Waals surface area contributed by atoms with Crippen LogP contribution < -0.4 is 9.47 Å². The second-order valence-electron chi connectivity index (χ2n) is 8.16. The monoisotopic (exact) mass is 479 g/mol. The Morgan fingerprint density at radius 2 is 1.84 bits per heavy atom. The van der Waals surface area contributed by atoms with Crippen LogP contribution in [0.25, 0.3) is 0 Å². The van der Waals surface area contributed by atoms with Gasteiger partial charge in [-0.25, -0.2) is 8.42 Å². The van der Waals surface area contributed by atoms with Crippen LogP contribution in [0.5, 0.6) is 11.5 Å². The van der Waals surface area contributed by atoms with E-state index in [-0.39, 0.29) is 31.6 Å². The van der Waals surface area contributed by atoms with Gasteiger partial charge in [0.15, 0.2) is 11.5 Å². The molecule has 0 bridgehead atoms. The number of ether oxygens (including phenoxy) is 3. The second kappa shape index (κ2) is 9.29. The molecule has 0 aliphatic carbocycles. The Bertz CT molecular complexity index is 1130. The van der Waals surface area contributed by atoms with Gasteiger partial charge in [0, 0.05) is 13.1 Å². The van der Waals surface area contributed by atoms with Crippen molar-refractivity contribution in [3.63, 3.8) is 0 Å². The van der Waals surface area contributed by atoms with Crippen LogP contribution in [0.4, 0.5) is 0 Å².